The van der Waals surface area contributed by atoms with Gasteiger partial charge < -0.3 is 5.73 Å². The summed E-state index contributed by atoms with van der Waals surface area (Å²) in [5.74, 6) is -0.0277. The van der Waals surface area contributed by atoms with Gasteiger partial charge in [-0.2, -0.15) is 9.63 Å². The van der Waals surface area contributed by atoms with Gasteiger partial charge in [0.25, 0.3) is 0 Å². The lowest BCUT2D eigenvalue weighted by Gasteiger charge is -1.93. The minimum atomic E-state index is -0.714. The van der Waals surface area contributed by atoms with Crippen LogP contribution >= 0.6 is 11.6 Å². The maximum Gasteiger partial charge on any atom is 0.352 e. The molecule has 0 bridgehead atoms. The summed E-state index contributed by atoms with van der Waals surface area (Å²) < 4.78 is 0.910. The van der Waals surface area contributed by atoms with Crippen LogP contribution in [-0.2, 0) is 0 Å². The summed E-state index contributed by atoms with van der Waals surface area (Å²) >= 11 is 5.77. The summed E-state index contributed by atoms with van der Waals surface area (Å²) in [5, 5.41) is 12.2. The van der Waals surface area contributed by atoms with E-state index in [1.165, 1.54) is 0 Å². The molecule has 21 heavy (non-hydrogen) atoms. The zero-order chi connectivity index (χ0) is 15.0. The second-order valence-corrected chi connectivity index (χ2v) is 4.49. The Labute approximate surface area is 121 Å². The van der Waals surface area contributed by atoms with E-state index in [0.29, 0.717) is 10.7 Å². The third-order valence-electron chi connectivity index (χ3n) is 2.62. The molecule has 3 rings (SSSR count). The molecule has 9 nitrogen and oxygen atoms in total. The van der Waals surface area contributed by atoms with Gasteiger partial charge in [-0.05, 0) is 24.3 Å². The van der Waals surface area contributed by atoms with Crippen molar-refractivity contribution in [2.24, 2.45) is 10.2 Å². The molecule has 0 unspecified atom stereocenters. The van der Waals surface area contributed by atoms with Gasteiger partial charge >= 0.3 is 11.4 Å². The van der Waals surface area contributed by atoms with Gasteiger partial charge in [0, 0.05) is 5.02 Å². The number of nitrogen functional groups attached to an aromatic ring is 1. The van der Waals surface area contributed by atoms with E-state index in [1.54, 1.807) is 24.3 Å². The average molecular weight is 306 g/mol. The van der Waals surface area contributed by atoms with Crippen LogP contribution in [-0.4, -0.2) is 19.6 Å². The normalized spacial score (nSPS) is 11.5. The van der Waals surface area contributed by atoms with Crippen molar-refractivity contribution in [3.05, 3.63) is 50.3 Å². The first-order valence-corrected chi connectivity index (χ1v) is 6.10. The van der Waals surface area contributed by atoms with Crippen LogP contribution in [0.5, 0.6) is 0 Å². The first kappa shape index (κ1) is 13.1. The summed E-state index contributed by atoms with van der Waals surface area (Å²) in [4.78, 5) is 27.3. The molecule has 3 aromatic rings. The number of hydrogen-bond acceptors (Lipinski definition) is 6. The molecule has 2 aromatic heterocycles. The monoisotopic (exact) mass is 305 g/mol. The molecule has 0 amide bonds. The molecule has 10 heteroatoms. The minimum absolute atomic E-state index is 0.0277. The van der Waals surface area contributed by atoms with Gasteiger partial charge in [-0.1, -0.05) is 11.6 Å². The highest BCUT2D eigenvalue weighted by molar-refractivity contribution is 6.30. The molecule has 0 saturated carbocycles. The molecule has 2 heterocycles. The number of nitrogens with two attached hydrogens (primary N) is 1. The largest absolute Gasteiger partial charge is 0.380 e. The van der Waals surface area contributed by atoms with Crippen LogP contribution in [0.4, 0.5) is 17.2 Å². The van der Waals surface area contributed by atoms with Gasteiger partial charge in [0.05, 0.1) is 5.69 Å². The number of hydrogen-bond donors (Lipinski definition) is 3. The number of aromatic nitrogens is 4. The van der Waals surface area contributed by atoms with E-state index in [-0.39, 0.29) is 17.2 Å². The van der Waals surface area contributed by atoms with Crippen LogP contribution in [0.15, 0.2) is 44.1 Å². The van der Waals surface area contributed by atoms with Crippen molar-refractivity contribution in [2.45, 2.75) is 0 Å². The molecule has 0 aliphatic rings. The first-order valence-electron chi connectivity index (χ1n) is 5.73. The lowest BCUT2D eigenvalue weighted by atomic mass is 10.3. The number of anilines is 1. The zero-order valence-electron chi connectivity index (χ0n) is 10.4. The van der Waals surface area contributed by atoms with Crippen molar-refractivity contribution in [3.8, 4) is 0 Å². The van der Waals surface area contributed by atoms with Crippen LogP contribution in [0.2, 0.25) is 5.02 Å². The number of rotatable bonds is 2. The van der Waals surface area contributed by atoms with E-state index in [9.17, 15) is 9.59 Å². The molecule has 0 fully saturated rings. The maximum atomic E-state index is 11.6. The van der Waals surface area contributed by atoms with Crippen molar-refractivity contribution >= 4 is 34.4 Å². The van der Waals surface area contributed by atoms with Crippen LogP contribution in [0.3, 0.4) is 0 Å². The molecule has 4 N–H and O–H groups in total. The highest BCUT2D eigenvalue weighted by Gasteiger charge is 2.13. The Bertz CT molecular complexity index is 951. The lowest BCUT2D eigenvalue weighted by Crippen LogP contribution is -2.28. The molecular formula is C11H8ClN7O2. The second kappa shape index (κ2) is 4.87. The third kappa shape index (κ3) is 2.41. The van der Waals surface area contributed by atoms with E-state index in [4.69, 9.17) is 17.3 Å². The van der Waals surface area contributed by atoms with Crippen molar-refractivity contribution < 1.29 is 0 Å². The Morgan fingerprint density at radius 1 is 1.14 bits per heavy atom. The maximum absolute atomic E-state index is 11.6. The fourth-order valence-electron chi connectivity index (χ4n) is 1.69. The Balaban J connectivity index is 2.12. The highest BCUT2D eigenvalue weighted by Crippen LogP contribution is 2.26. The fraction of sp³-hybridized carbons (Fsp3) is 0. The van der Waals surface area contributed by atoms with Gasteiger partial charge in [-0.3, -0.25) is 9.97 Å². The van der Waals surface area contributed by atoms with Gasteiger partial charge in [-0.15, -0.1) is 10.2 Å². The quantitative estimate of drug-likeness (QED) is 0.616. The van der Waals surface area contributed by atoms with Crippen LogP contribution in [0, 0.1) is 0 Å². The van der Waals surface area contributed by atoms with E-state index in [1.807, 2.05) is 4.98 Å². The number of nitrogens with one attached hydrogen (secondary N) is 2. The molecule has 0 aliphatic carbocycles. The van der Waals surface area contributed by atoms with Crippen molar-refractivity contribution in [3.63, 3.8) is 0 Å². The van der Waals surface area contributed by atoms with Gasteiger partial charge in [-0.25, -0.2) is 9.59 Å². The highest BCUT2D eigenvalue weighted by atomic mass is 35.5. The molecular weight excluding hydrogens is 298 g/mol. The summed E-state index contributed by atoms with van der Waals surface area (Å²) in [6.45, 7) is 0. The van der Waals surface area contributed by atoms with Gasteiger partial charge in [0.2, 0.25) is 0 Å². The third-order valence-corrected chi connectivity index (χ3v) is 2.88. The number of H-pyrrole nitrogens is 2. The molecule has 0 atom stereocenters. The average Bonchev–Trinajstić information content (AvgIpc) is 2.75. The summed E-state index contributed by atoms with van der Waals surface area (Å²) in [5.41, 5.74) is 4.99. The molecule has 0 saturated heterocycles. The second-order valence-electron chi connectivity index (χ2n) is 4.05. The van der Waals surface area contributed by atoms with Crippen LogP contribution in [0.25, 0.3) is 5.65 Å². The summed E-state index contributed by atoms with van der Waals surface area (Å²) in [7, 11) is 0. The van der Waals surface area contributed by atoms with Crippen molar-refractivity contribution in [2.75, 3.05) is 5.73 Å². The Kier molecular flexibility index (Phi) is 3.03. The SMILES string of the molecule is Nc1nn2c(=O)[nH]c(=O)[nH]c2c1N=Nc1ccc(Cl)cc1. The smallest absolute Gasteiger partial charge is 0.352 e. The molecule has 0 radical (unpaired) electrons. The first-order chi connectivity index (χ1) is 10.0. The fourth-order valence-corrected chi connectivity index (χ4v) is 1.81. The van der Waals surface area contributed by atoms with Crippen molar-refractivity contribution in [1.29, 1.82) is 0 Å². The van der Waals surface area contributed by atoms with Crippen LogP contribution < -0.4 is 17.1 Å². The van der Waals surface area contributed by atoms with E-state index >= 15 is 0 Å². The molecule has 0 aliphatic heterocycles. The standard InChI is InChI=1S/C11H8ClN7O2/c12-5-1-3-6(4-2-5)16-17-7-8(13)18-19-9(7)14-10(20)15-11(19)21/h1-4H,(H2,13,18)(H2,14,15,20,21). The van der Waals surface area contributed by atoms with Crippen LogP contribution in [0.1, 0.15) is 0 Å². The number of aromatic amines is 2. The predicted molar refractivity (Wildman–Crippen MR) is 76.5 cm³/mol. The summed E-state index contributed by atoms with van der Waals surface area (Å²) in [6.07, 6.45) is 0. The Morgan fingerprint density at radius 3 is 2.57 bits per heavy atom. The predicted octanol–water partition coefficient (Wildman–Crippen LogP) is 1.36. The zero-order valence-corrected chi connectivity index (χ0v) is 11.1. The van der Waals surface area contributed by atoms with Gasteiger partial charge in [0.15, 0.2) is 17.2 Å². The number of azo groups is 1. The topological polar surface area (TPSA) is 134 Å². The van der Waals surface area contributed by atoms with E-state index < -0.39 is 11.4 Å². The van der Waals surface area contributed by atoms with E-state index in [0.717, 1.165) is 4.52 Å². The van der Waals surface area contributed by atoms with Crippen molar-refractivity contribution in [1.82, 2.24) is 19.6 Å². The molecule has 106 valence electrons. The number of nitrogens with zero attached hydrogens (tertiary/aromatic N) is 4. The van der Waals surface area contributed by atoms with E-state index in [2.05, 4.69) is 20.3 Å². The lowest BCUT2D eigenvalue weighted by molar-refractivity contribution is 0.824. The number of halogens is 1. The molecule has 1 aromatic carbocycles. The minimum Gasteiger partial charge on any atom is -0.380 e. The Morgan fingerprint density at radius 2 is 1.86 bits per heavy atom. The summed E-state index contributed by atoms with van der Waals surface area (Å²) in [6, 6.07) is 6.62. The number of benzene rings is 1. The van der Waals surface area contributed by atoms with Gasteiger partial charge in [0.1, 0.15) is 0 Å². The Hall–Kier alpha value is -2.94. The number of fused-ring (bicyclic) bond motifs is 1. The molecule has 0 spiro atoms.